The van der Waals surface area contributed by atoms with Crippen LogP contribution < -0.4 is 4.74 Å². The fraction of sp³-hybridized carbons (Fsp3) is 0.294. The summed E-state index contributed by atoms with van der Waals surface area (Å²) in [6.07, 6.45) is 1.53. The maximum absolute atomic E-state index is 13.1. The summed E-state index contributed by atoms with van der Waals surface area (Å²) in [4.78, 5) is 0.243. The van der Waals surface area contributed by atoms with Gasteiger partial charge in [-0.1, -0.05) is 12.1 Å². The van der Waals surface area contributed by atoms with Crippen LogP contribution in [0, 0.1) is 5.82 Å². The molecule has 1 unspecified atom stereocenters. The quantitative estimate of drug-likeness (QED) is 0.861. The first-order valence-electron chi connectivity index (χ1n) is 7.44. The van der Waals surface area contributed by atoms with E-state index >= 15 is 0 Å². The molecule has 2 aromatic carbocycles. The Labute approximate surface area is 135 Å². The van der Waals surface area contributed by atoms with Crippen LogP contribution in [0.15, 0.2) is 53.4 Å². The SMILES string of the molecule is COc1ccc(S(=O)(=O)N2CCCC2c2ccc(F)cc2)cc1. The third kappa shape index (κ3) is 3.09. The second-order valence-corrected chi connectivity index (χ2v) is 7.39. The molecule has 1 aliphatic heterocycles. The van der Waals surface area contributed by atoms with E-state index in [1.165, 1.54) is 23.5 Å². The van der Waals surface area contributed by atoms with Crippen molar-refractivity contribution in [3.63, 3.8) is 0 Å². The van der Waals surface area contributed by atoms with Gasteiger partial charge in [-0.15, -0.1) is 0 Å². The number of ether oxygens (including phenoxy) is 1. The van der Waals surface area contributed by atoms with E-state index in [4.69, 9.17) is 4.74 Å². The van der Waals surface area contributed by atoms with Gasteiger partial charge in [0, 0.05) is 6.54 Å². The molecule has 23 heavy (non-hydrogen) atoms. The lowest BCUT2D eigenvalue weighted by Crippen LogP contribution is -2.30. The standard InChI is InChI=1S/C17H18FNO3S/c1-22-15-8-10-16(11-9-15)23(20,21)19-12-2-3-17(19)13-4-6-14(18)7-5-13/h4-11,17H,2-3,12H2,1H3. The summed E-state index contributed by atoms with van der Waals surface area (Å²) in [6, 6.07) is 12.2. The van der Waals surface area contributed by atoms with E-state index in [0.29, 0.717) is 12.3 Å². The lowest BCUT2D eigenvalue weighted by molar-refractivity contribution is 0.396. The Kier molecular flexibility index (Phi) is 4.37. The molecule has 0 aromatic heterocycles. The van der Waals surface area contributed by atoms with Crippen LogP contribution in [0.3, 0.4) is 0 Å². The Bertz CT molecular complexity index is 772. The summed E-state index contributed by atoms with van der Waals surface area (Å²) >= 11 is 0. The minimum atomic E-state index is -3.59. The summed E-state index contributed by atoms with van der Waals surface area (Å²) in [5, 5.41) is 0. The van der Waals surface area contributed by atoms with Crippen molar-refractivity contribution in [1.82, 2.24) is 4.31 Å². The van der Waals surface area contributed by atoms with E-state index in [0.717, 1.165) is 18.4 Å². The van der Waals surface area contributed by atoms with Gasteiger partial charge in [0.2, 0.25) is 10.0 Å². The summed E-state index contributed by atoms with van der Waals surface area (Å²) in [5.41, 5.74) is 0.820. The van der Waals surface area contributed by atoms with Gasteiger partial charge < -0.3 is 4.74 Å². The zero-order chi connectivity index (χ0) is 16.4. The molecule has 0 amide bonds. The highest BCUT2D eigenvalue weighted by molar-refractivity contribution is 7.89. The van der Waals surface area contributed by atoms with Crippen molar-refractivity contribution < 1.29 is 17.5 Å². The van der Waals surface area contributed by atoms with E-state index < -0.39 is 10.0 Å². The molecule has 1 fully saturated rings. The van der Waals surface area contributed by atoms with Crippen molar-refractivity contribution in [1.29, 1.82) is 0 Å². The van der Waals surface area contributed by atoms with Gasteiger partial charge in [0.05, 0.1) is 18.0 Å². The van der Waals surface area contributed by atoms with Crippen molar-refractivity contribution in [2.24, 2.45) is 0 Å². The summed E-state index contributed by atoms with van der Waals surface area (Å²) in [7, 11) is -2.05. The second-order valence-electron chi connectivity index (χ2n) is 5.50. The maximum atomic E-state index is 13.1. The van der Waals surface area contributed by atoms with Crippen LogP contribution in [0.1, 0.15) is 24.4 Å². The molecule has 0 radical (unpaired) electrons. The fourth-order valence-electron chi connectivity index (χ4n) is 2.93. The highest BCUT2D eigenvalue weighted by Crippen LogP contribution is 2.36. The van der Waals surface area contributed by atoms with Gasteiger partial charge in [0.15, 0.2) is 0 Å². The Hall–Kier alpha value is -1.92. The Balaban J connectivity index is 1.92. The number of nitrogens with zero attached hydrogens (tertiary/aromatic N) is 1. The summed E-state index contributed by atoms with van der Waals surface area (Å²) in [5.74, 6) is 0.289. The molecule has 6 heteroatoms. The smallest absolute Gasteiger partial charge is 0.243 e. The third-order valence-corrected chi connectivity index (χ3v) is 6.05. The van der Waals surface area contributed by atoms with Crippen molar-refractivity contribution in [3.8, 4) is 5.75 Å². The van der Waals surface area contributed by atoms with Gasteiger partial charge in [0.1, 0.15) is 11.6 Å². The van der Waals surface area contributed by atoms with Crippen LogP contribution in [-0.4, -0.2) is 26.4 Å². The van der Waals surface area contributed by atoms with Crippen molar-refractivity contribution >= 4 is 10.0 Å². The van der Waals surface area contributed by atoms with E-state index in [2.05, 4.69) is 0 Å². The van der Waals surface area contributed by atoms with Crippen LogP contribution in [0.25, 0.3) is 0 Å². The number of halogens is 1. The molecule has 2 aromatic rings. The van der Waals surface area contributed by atoms with Crippen molar-refractivity contribution in [3.05, 3.63) is 59.9 Å². The van der Waals surface area contributed by atoms with Crippen molar-refractivity contribution in [2.45, 2.75) is 23.8 Å². The normalized spacial score (nSPS) is 19.0. The number of hydrogen-bond acceptors (Lipinski definition) is 3. The molecule has 1 atom stereocenters. The van der Waals surface area contributed by atoms with Crippen molar-refractivity contribution in [2.75, 3.05) is 13.7 Å². The lowest BCUT2D eigenvalue weighted by atomic mass is 10.1. The fourth-order valence-corrected chi connectivity index (χ4v) is 4.61. The predicted molar refractivity (Wildman–Crippen MR) is 85.3 cm³/mol. The molecule has 0 bridgehead atoms. The zero-order valence-electron chi connectivity index (χ0n) is 12.8. The molecule has 1 heterocycles. The molecule has 1 saturated heterocycles. The Morgan fingerprint density at radius 3 is 2.35 bits per heavy atom. The highest BCUT2D eigenvalue weighted by Gasteiger charge is 2.36. The largest absolute Gasteiger partial charge is 0.497 e. The molecule has 0 spiro atoms. The van der Waals surface area contributed by atoms with Gasteiger partial charge in [0.25, 0.3) is 0 Å². The topological polar surface area (TPSA) is 46.6 Å². The minimum Gasteiger partial charge on any atom is -0.497 e. The first-order valence-corrected chi connectivity index (χ1v) is 8.88. The lowest BCUT2D eigenvalue weighted by Gasteiger charge is -2.24. The monoisotopic (exact) mass is 335 g/mol. The highest BCUT2D eigenvalue weighted by atomic mass is 32.2. The molecule has 122 valence electrons. The van der Waals surface area contributed by atoms with Crippen LogP contribution >= 0.6 is 0 Å². The summed E-state index contributed by atoms with van der Waals surface area (Å²) < 4.78 is 45.5. The maximum Gasteiger partial charge on any atom is 0.243 e. The van der Waals surface area contributed by atoms with Crippen LogP contribution in [0.2, 0.25) is 0 Å². The van der Waals surface area contributed by atoms with Crippen LogP contribution in [-0.2, 0) is 10.0 Å². The van der Waals surface area contributed by atoms with E-state index in [9.17, 15) is 12.8 Å². The molecular formula is C17H18FNO3S. The number of hydrogen-bond donors (Lipinski definition) is 0. The van der Waals surface area contributed by atoms with E-state index in [-0.39, 0.29) is 16.8 Å². The minimum absolute atomic E-state index is 0.243. The number of sulfonamides is 1. The molecule has 1 aliphatic rings. The first-order chi connectivity index (χ1) is 11.0. The molecule has 0 aliphatic carbocycles. The van der Waals surface area contributed by atoms with Gasteiger partial charge >= 0.3 is 0 Å². The summed E-state index contributed by atoms with van der Waals surface area (Å²) in [6.45, 7) is 0.469. The van der Waals surface area contributed by atoms with E-state index in [1.807, 2.05) is 0 Å². The number of methoxy groups -OCH3 is 1. The van der Waals surface area contributed by atoms with Crippen LogP contribution in [0.5, 0.6) is 5.75 Å². The molecule has 3 rings (SSSR count). The first kappa shape index (κ1) is 16.0. The Morgan fingerprint density at radius 2 is 1.74 bits per heavy atom. The van der Waals surface area contributed by atoms with Gasteiger partial charge in [-0.3, -0.25) is 0 Å². The molecule has 0 N–H and O–H groups in total. The van der Waals surface area contributed by atoms with Gasteiger partial charge in [-0.25, -0.2) is 12.8 Å². The zero-order valence-corrected chi connectivity index (χ0v) is 13.6. The van der Waals surface area contributed by atoms with Gasteiger partial charge in [-0.05, 0) is 54.8 Å². The third-order valence-electron chi connectivity index (χ3n) is 4.12. The Morgan fingerprint density at radius 1 is 1.09 bits per heavy atom. The molecule has 0 saturated carbocycles. The predicted octanol–water partition coefficient (Wildman–Crippen LogP) is 3.36. The van der Waals surface area contributed by atoms with E-state index in [1.54, 1.807) is 36.4 Å². The average molecular weight is 335 g/mol. The average Bonchev–Trinajstić information content (AvgIpc) is 3.06. The van der Waals surface area contributed by atoms with Gasteiger partial charge in [-0.2, -0.15) is 4.31 Å². The molecular weight excluding hydrogens is 317 g/mol. The number of benzene rings is 2. The van der Waals surface area contributed by atoms with Crippen LogP contribution in [0.4, 0.5) is 4.39 Å². The number of rotatable bonds is 4. The molecule has 4 nitrogen and oxygen atoms in total. The second kappa shape index (κ2) is 6.29.